The normalized spacial score (nSPS) is 12.3. The van der Waals surface area contributed by atoms with Crippen LogP contribution in [-0.4, -0.2) is 44.1 Å². The molecular formula is C16H26N2O2. The summed E-state index contributed by atoms with van der Waals surface area (Å²) >= 11 is 0. The van der Waals surface area contributed by atoms with Crippen LogP contribution >= 0.6 is 0 Å². The van der Waals surface area contributed by atoms with Crippen LogP contribution in [0.15, 0.2) is 18.2 Å². The van der Waals surface area contributed by atoms with E-state index in [-0.39, 0.29) is 5.91 Å². The molecule has 0 saturated heterocycles. The Morgan fingerprint density at radius 3 is 2.70 bits per heavy atom. The molecule has 1 aromatic rings. The molecule has 0 spiro atoms. The maximum Gasteiger partial charge on any atom is 0.260 e. The van der Waals surface area contributed by atoms with Crippen LogP contribution in [0, 0.1) is 13.8 Å². The number of nitrogens with zero attached hydrogens (tertiary/aromatic N) is 1. The molecule has 20 heavy (non-hydrogen) atoms. The summed E-state index contributed by atoms with van der Waals surface area (Å²) in [6.07, 6.45) is 0.462. The Kier molecular flexibility index (Phi) is 6.52. The number of carbonyl (C=O) groups excluding carboxylic acids is 1. The molecule has 0 heterocycles. The average molecular weight is 278 g/mol. The van der Waals surface area contributed by atoms with Crippen molar-refractivity contribution in [1.82, 2.24) is 10.2 Å². The van der Waals surface area contributed by atoms with Gasteiger partial charge in [0.2, 0.25) is 0 Å². The maximum atomic E-state index is 11.9. The Hall–Kier alpha value is -1.55. The molecule has 0 fully saturated rings. The first-order chi connectivity index (χ1) is 9.40. The van der Waals surface area contributed by atoms with Crippen LogP contribution in [0.3, 0.4) is 0 Å². The molecule has 1 rings (SSSR count). The molecule has 0 aliphatic heterocycles. The SMILES string of the molecule is Cc1ccc(C)c(O[C@H](C)C(=O)NCCCN(C)C)c1. The molecular weight excluding hydrogens is 252 g/mol. The number of amides is 1. The van der Waals surface area contributed by atoms with Gasteiger partial charge in [-0.15, -0.1) is 0 Å². The van der Waals surface area contributed by atoms with Crippen molar-refractivity contribution in [2.24, 2.45) is 0 Å². The molecule has 112 valence electrons. The molecule has 0 unspecified atom stereocenters. The molecule has 4 nitrogen and oxygen atoms in total. The van der Waals surface area contributed by atoms with E-state index < -0.39 is 6.10 Å². The number of aryl methyl sites for hydroxylation is 2. The first-order valence-electron chi connectivity index (χ1n) is 7.06. The smallest absolute Gasteiger partial charge is 0.260 e. The second kappa shape index (κ2) is 7.90. The first kappa shape index (κ1) is 16.5. The standard InChI is InChI=1S/C16H26N2O2/c1-12-7-8-13(2)15(11-12)20-14(3)16(19)17-9-6-10-18(4)5/h7-8,11,14H,6,9-10H2,1-5H3,(H,17,19)/t14-/m1/s1. The van der Waals surface area contributed by atoms with Gasteiger partial charge in [-0.2, -0.15) is 0 Å². The minimum atomic E-state index is -0.477. The molecule has 4 heteroatoms. The van der Waals surface area contributed by atoms with Crippen LogP contribution < -0.4 is 10.1 Å². The molecule has 0 aliphatic rings. The van der Waals surface area contributed by atoms with Crippen LogP contribution in [0.4, 0.5) is 0 Å². The topological polar surface area (TPSA) is 41.6 Å². The van der Waals surface area contributed by atoms with Crippen molar-refractivity contribution in [3.63, 3.8) is 0 Å². The third-order valence-electron chi connectivity index (χ3n) is 3.10. The zero-order valence-corrected chi connectivity index (χ0v) is 13.2. The lowest BCUT2D eigenvalue weighted by atomic mass is 10.1. The summed E-state index contributed by atoms with van der Waals surface area (Å²) in [4.78, 5) is 14.0. The predicted octanol–water partition coefficient (Wildman–Crippen LogP) is 2.14. The van der Waals surface area contributed by atoms with Crippen LogP contribution in [0.2, 0.25) is 0 Å². The van der Waals surface area contributed by atoms with Gasteiger partial charge in [0.15, 0.2) is 6.10 Å². The first-order valence-corrected chi connectivity index (χ1v) is 7.06. The van der Waals surface area contributed by atoms with Gasteiger partial charge in [0.05, 0.1) is 0 Å². The molecule has 1 amide bonds. The van der Waals surface area contributed by atoms with E-state index in [1.54, 1.807) is 6.92 Å². The zero-order valence-electron chi connectivity index (χ0n) is 13.2. The highest BCUT2D eigenvalue weighted by molar-refractivity contribution is 5.80. The highest BCUT2D eigenvalue weighted by Crippen LogP contribution is 2.20. The Labute approximate surface area is 122 Å². The Balaban J connectivity index is 2.43. The highest BCUT2D eigenvalue weighted by Gasteiger charge is 2.15. The number of carbonyl (C=O) groups is 1. The molecule has 0 radical (unpaired) electrons. The summed E-state index contributed by atoms with van der Waals surface area (Å²) in [6.45, 7) is 7.42. The van der Waals surface area contributed by atoms with Crippen molar-refractivity contribution < 1.29 is 9.53 Å². The average Bonchev–Trinajstić information content (AvgIpc) is 2.38. The second-order valence-electron chi connectivity index (χ2n) is 5.48. The lowest BCUT2D eigenvalue weighted by Crippen LogP contribution is -2.37. The molecule has 0 saturated carbocycles. The van der Waals surface area contributed by atoms with Crippen molar-refractivity contribution in [2.75, 3.05) is 27.2 Å². The zero-order chi connectivity index (χ0) is 15.1. The van der Waals surface area contributed by atoms with Crippen molar-refractivity contribution in [2.45, 2.75) is 33.3 Å². The van der Waals surface area contributed by atoms with E-state index in [0.29, 0.717) is 6.54 Å². The van der Waals surface area contributed by atoms with Crippen molar-refractivity contribution in [1.29, 1.82) is 0 Å². The molecule has 0 aliphatic carbocycles. The van der Waals surface area contributed by atoms with Gasteiger partial charge in [0, 0.05) is 6.54 Å². The summed E-state index contributed by atoms with van der Waals surface area (Å²) in [5, 5.41) is 2.90. The maximum absolute atomic E-state index is 11.9. The number of ether oxygens (including phenoxy) is 1. The van der Waals surface area contributed by atoms with Crippen molar-refractivity contribution in [3.05, 3.63) is 29.3 Å². The van der Waals surface area contributed by atoms with Crippen molar-refractivity contribution >= 4 is 5.91 Å². The van der Waals surface area contributed by atoms with Gasteiger partial charge in [0.1, 0.15) is 5.75 Å². The summed E-state index contributed by atoms with van der Waals surface area (Å²) in [6, 6.07) is 6.01. The lowest BCUT2D eigenvalue weighted by Gasteiger charge is -2.17. The van der Waals surface area contributed by atoms with E-state index in [1.807, 2.05) is 46.1 Å². The third kappa shape index (κ3) is 5.61. The van der Waals surface area contributed by atoms with Gasteiger partial charge in [-0.3, -0.25) is 4.79 Å². The summed E-state index contributed by atoms with van der Waals surface area (Å²) in [5.74, 6) is 0.714. The van der Waals surface area contributed by atoms with Gasteiger partial charge in [-0.1, -0.05) is 12.1 Å². The quantitative estimate of drug-likeness (QED) is 0.777. The van der Waals surface area contributed by atoms with E-state index in [4.69, 9.17) is 4.74 Å². The van der Waals surface area contributed by atoms with Crippen LogP contribution in [0.1, 0.15) is 24.5 Å². The monoisotopic (exact) mass is 278 g/mol. The van der Waals surface area contributed by atoms with Crippen LogP contribution in [0.5, 0.6) is 5.75 Å². The van der Waals surface area contributed by atoms with Gasteiger partial charge in [-0.25, -0.2) is 0 Å². The fourth-order valence-corrected chi connectivity index (χ4v) is 1.83. The number of nitrogens with one attached hydrogen (secondary N) is 1. The Bertz CT molecular complexity index is 444. The minimum absolute atomic E-state index is 0.0651. The summed E-state index contributed by atoms with van der Waals surface area (Å²) in [5.41, 5.74) is 2.17. The molecule has 0 aromatic heterocycles. The molecule has 1 N–H and O–H groups in total. The fraction of sp³-hybridized carbons (Fsp3) is 0.562. The second-order valence-corrected chi connectivity index (χ2v) is 5.48. The van der Waals surface area contributed by atoms with E-state index in [0.717, 1.165) is 29.8 Å². The largest absolute Gasteiger partial charge is 0.481 e. The number of rotatable bonds is 7. The van der Waals surface area contributed by atoms with Gasteiger partial charge >= 0.3 is 0 Å². The summed E-state index contributed by atoms with van der Waals surface area (Å²) in [7, 11) is 4.04. The Morgan fingerprint density at radius 1 is 1.35 bits per heavy atom. The van der Waals surface area contributed by atoms with Gasteiger partial charge < -0.3 is 15.0 Å². The number of benzene rings is 1. The number of hydrogen-bond donors (Lipinski definition) is 1. The third-order valence-corrected chi connectivity index (χ3v) is 3.10. The summed E-state index contributed by atoms with van der Waals surface area (Å²) < 4.78 is 5.74. The van der Waals surface area contributed by atoms with Gasteiger partial charge in [-0.05, 0) is 65.0 Å². The molecule has 1 aromatic carbocycles. The van der Waals surface area contributed by atoms with Crippen molar-refractivity contribution in [3.8, 4) is 5.75 Å². The number of hydrogen-bond acceptors (Lipinski definition) is 3. The van der Waals surface area contributed by atoms with Crippen LogP contribution in [0.25, 0.3) is 0 Å². The van der Waals surface area contributed by atoms with E-state index in [9.17, 15) is 4.79 Å². The van der Waals surface area contributed by atoms with E-state index in [1.165, 1.54) is 0 Å². The highest BCUT2D eigenvalue weighted by atomic mass is 16.5. The molecule has 1 atom stereocenters. The predicted molar refractivity (Wildman–Crippen MR) is 82.2 cm³/mol. The lowest BCUT2D eigenvalue weighted by molar-refractivity contribution is -0.127. The minimum Gasteiger partial charge on any atom is -0.481 e. The van der Waals surface area contributed by atoms with Gasteiger partial charge in [0.25, 0.3) is 5.91 Å². The van der Waals surface area contributed by atoms with E-state index >= 15 is 0 Å². The fourth-order valence-electron chi connectivity index (χ4n) is 1.83. The Morgan fingerprint density at radius 2 is 2.05 bits per heavy atom. The van der Waals surface area contributed by atoms with E-state index in [2.05, 4.69) is 10.2 Å². The van der Waals surface area contributed by atoms with Crippen LogP contribution in [-0.2, 0) is 4.79 Å². The molecule has 0 bridgehead atoms.